The normalized spacial score (nSPS) is 15.5. The quantitative estimate of drug-likeness (QED) is 0.383. The van der Waals surface area contributed by atoms with Gasteiger partial charge >= 0.3 is 0 Å². The molecule has 35 heavy (non-hydrogen) atoms. The Balaban J connectivity index is 1.54. The lowest BCUT2D eigenvalue weighted by Gasteiger charge is -2.33. The second-order valence-electron chi connectivity index (χ2n) is 10.1. The lowest BCUT2D eigenvalue weighted by Crippen LogP contribution is -2.37. The van der Waals surface area contributed by atoms with Crippen LogP contribution in [-0.2, 0) is 17.9 Å². The number of hydrogen-bond acceptors (Lipinski definition) is 6. The van der Waals surface area contributed by atoms with Gasteiger partial charge in [0.1, 0.15) is 17.9 Å². The predicted molar refractivity (Wildman–Crippen MR) is 142 cm³/mol. The molecule has 0 atom stereocenters. The molecular weight excluding hydrogens is 436 g/mol. The first-order chi connectivity index (χ1) is 17.0. The van der Waals surface area contributed by atoms with E-state index in [2.05, 4.69) is 52.6 Å². The van der Waals surface area contributed by atoms with E-state index in [4.69, 9.17) is 20.4 Å². The van der Waals surface area contributed by atoms with Gasteiger partial charge in [0, 0.05) is 43.0 Å². The Bertz CT molecular complexity index is 1290. The molecule has 0 amide bonds. The Morgan fingerprint density at radius 3 is 2.66 bits per heavy atom. The van der Waals surface area contributed by atoms with E-state index in [9.17, 15) is 0 Å². The molecule has 184 valence electrons. The third kappa shape index (κ3) is 5.02. The molecule has 4 heterocycles. The molecule has 4 aromatic rings. The number of likely N-dealkylation sites (tertiary alicyclic amines) is 1. The maximum atomic E-state index is 6.47. The maximum Gasteiger partial charge on any atom is 0.152 e. The number of aromatic nitrogens is 4. The molecule has 5 rings (SSSR count). The lowest BCUT2D eigenvalue weighted by atomic mass is 9.95. The fourth-order valence-electron chi connectivity index (χ4n) is 5.30. The Kier molecular flexibility index (Phi) is 6.97. The number of rotatable bonds is 8. The number of pyridine rings is 2. The van der Waals surface area contributed by atoms with Crippen molar-refractivity contribution in [1.82, 2.24) is 24.4 Å². The highest BCUT2D eigenvalue weighted by atomic mass is 16.5. The number of fused-ring (bicyclic) bond motifs is 3. The van der Waals surface area contributed by atoms with Crippen molar-refractivity contribution in [1.29, 1.82) is 0 Å². The number of nitrogens with two attached hydrogens (primary N) is 1. The van der Waals surface area contributed by atoms with E-state index >= 15 is 0 Å². The predicted octanol–water partition coefficient (Wildman–Crippen LogP) is 5.13. The largest absolute Gasteiger partial charge is 0.382 e. The summed E-state index contributed by atoms with van der Waals surface area (Å²) in [6.45, 7) is 12.2. The van der Waals surface area contributed by atoms with Gasteiger partial charge in [-0.2, -0.15) is 0 Å². The summed E-state index contributed by atoms with van der Waals surface area (Å²) in [6.07, 6.45) is 6.06. The first-order valence-electron chi connectivity index (χ1n) is 12.8. The molecule has 0 aliphatic carbocycles. The maximum absolute atomic E-state index is 6.47. The van der Waals surface area contributed by atoms with E-state index in [0.29, 0.717) is 30.9 Å². The summed E-state index contributed by atoms with van der Waals surface area (Å²) in [6, 6.07) is 10.4. The van der Waals surface area contributed by atoms with Gasteiger partial charge in [0.05, 0.1) is 11.0 Å². The molecule has 7 nitrogen and oxygen atoms in total. The summed E-state index contributed by atoms with van der Waals surface area (Å²) in [7, 11) is 0. The summed E-state index contributed by atoms with van der Waals surface area (Å²) in [5, 5.41) is 1.08. The molecule has 1 aliphatic heterocycles. The molecule has 1 aliphatic rings. The van der Waals surface area contributed by atoms with Crippen LogP contribution in [0, 0.1) is 11.8 Å². The number of benzene rings is 1. The van der Waals surface area contributed by atoms with Crippen LogP contribution in [-0.4, -0.2) is 50.7 Å². The topological polar surface area (TPSA) is 82.1 Å². The van der Waals surface area contributed by atoms with Gasteiger partial charge in [-0.25, -0.2) is 9.97 Å². The highest BCUT2D eigenvalue weighted by molar-refractivity contribution is 6.07. The number of anilines is 1. The zero-order chi connectivity index (χ0) is 24.4. The lowest BCUT2D eigenvalue weighted by molar-refractivity contribution is 0.122. The smallest absolute Gasteiger partial charge is 0.152 e. The van der Waals surface area contributed by atoms with E-state index in [1.807, 2.05) is 19.2 Å². The summed E-state index contributed by atoms with van der Waals surface area (Å²) in [4.78, 5) is 16.5. The monoisotopic (exact) mass is 472 g/mol. The molecule has 1 aromatic carbocycles. The molecule has 0 saturated carbocycles. The van der Waals surface area contributed by atoms with Gasteiger partial charge in [0.15, 0.2) is 5.82 Å². The Morgan fingerprint density at radius 2 is 1.94 bits per heavy atom. The molecule has 2 N–H and O–H groups in total. The van der Waals surface area contributed by atoms with Crippen molar-refractivity contribution in [2.24, 2.45) is 11.8 Å². The van der Waals surface area contributed by atoms with Crippen LogP contribution in [0.15, 0.2) is 42.7 Å². The highest BCUT2D eigenvalue weighted by Crippen LogP contribution is 2.33. The Hall–Kier alpha value is -3.03. The van der Waals surface area contributed by atoms with E-state index < -0.39 is 0 Å². The molecule has 0 unspecified atom stereocenters. The zero-order valence-corrected chi connectivity index (χ0v) is 21.1. The van der Waals surface area contributed by atoms with Crippen LogP contribution < -0.4 is 5.73 Å². The molecule has 0 bridgehead atoms. The number of nitrogens with zero attached hydrogens (tertiary/aromatic N) is 5. The van der Waals surface area contributed by atoms with E-state index in [1.165, 1.54) is 19.4 Å². The zero-order valence-electron chi connectivity index (χ0n) is 21.1. The van der Waals surface area contributed by atoms with Gasteiger partial charge in [0.25, 0.3) is 0 Å². The van der Waals surface area contributed by atoms with Crippen LogP contribution in [0.3, 0.4) is 0 Å². The van der Waals surface area contributed by atoms with Crippen molar-refractivity contribution in [3.8, 4) is 11.1 Å². The van der Waals surface area contributed by atoms with Crippen molar-refractivity contribution in [3.05, 3.63) is 48.5 Å². The molecule has 1 saturated heterocycles. The van der Waals surface area contributed by atoms with Crippen molar-refractivity contribution >= 4 is 27.8 Å². The SMILES string of the molecule is CCOCc1nc2c(N)nc3cc(-c4cccnc4)ccc3c2n1CC1CCN(CC(C)C)CC1. The summed E-state index contributed by atoms with van der Waals surface area (Å²) < 4.78 is 8.17. The van der Waals surface area contributed by atoms with Crippen molar-refractivity contribution in [2.75, 3.05) is 32.0 Å². The summed E-state index contributed by atoms with van der Waals surface area (Å²) >= 11 is 0. The minimum absolute atomic E-state index is 0.471. The van der Waals surface area contributed by atoms with Crippen LogP contribution in [0.4, 0.5) is 5.82 Å². The van der Waals surface area contributed by atoms with Crippen molar-refractivity contribution in [3.63, 3.8) is 0 Å². The molecule has 0 radical (unpaired) electrons. The van der Waals surface area contributed by atoms with Crippen LogP contribution in [0.5, 0.6) is 0 Å². The number of ether oxygens (including phenoxy) is 1. The first kappa shape index (κ1) is 23.7. The standard InChI is InChI=1S/C28H36N6O/c1-4-35-18-25-32-26-27(34(25)17-20-9-12-33(13-10-20)16-19(2)3)23-8-7-21(14-24(23)31-28(26)29)22-6-5-11-30-15-22/h5-8,11,14-15,19-20H,4,9-10,12-13,16-18H2,1-3H3,(H2,29,31). The van der Waals surface area contributed by atoms with Gasteiger partial charge in [-0.05, 0) is 62.4 Å². The third-order valence-corrected chi connectivity index (χ3v) is 6.98. The minimum Gasteiger partial charge on any atom is -0.382 e. The van der Waals surface area contributed by atoms with Gasteiger partial charge < -0.3 is 19.9 Å². The number of hydrogen-bond donors (Lipinski definition) is 1. The van der Waals surface area contributed by atoms with E-state index in [-0.39, 0.29) is 0 Å². The molecule has 7 heteroatoms. The van der Waals surface area contributed by atoms with E-state index in [1.54, 1.807) is 6.20 Å². The van der Waals surface area contributed by atoms with Crippen LogP contribution >= 0.6 is 0 Å². The van der Waals surface area contributed by atoms with Crippen molar-refractivity contribution in [2.45, 2.75) is 46.8 Å². The fourth-order valence-corrected chi connectivity index (χ4v) is 5.30. The average Bonchev–Trinajstić information content (AvgIpc) is 3.22. The van der Waals surface area contributed by atoms with Crippen LogP contribution in [0.2, 0.25) is 0 Å². The number of imidazole rings is 1. The van der Waals surface area contributed by atoms with Gasteiger partial charge in [0.2, 0.25) is 0 Å². The third-order valence-electron chi connectivity index (χ3n) is 6.98. The van der Waals surface area contributed by atoms with E-state index in [0.717, 1.165) is 58.5 Å². The summed E-state index contributed by atoms with van der Waals surface area (Å²) in [5.74, 6) is 2.72. The average molecular weight is 473 g/mol. The molecule has 0 spiro atoms. The number of nitrogen functional groups attached to an aromatic ring is 1. The Morgan fingerprint density at radius 1 is 1.11 bits per heavy atom. The highest BCUT2D eigenvalue weighted by Gasteiger charge is 2.24. The second-order valence-corrected chi connectivity index (χ2v) is 10.1. The summed E-state index contributed by atoms with van der Waals surface area (Å²) in [5.41, 5.74) is 11.3. The van der Waals surface area contributed by atoms with Gasteiger partial charge in [-0.1, -0.05) is 32.0 Å². The molecule has 3 aromatic heterocycles. The van der Waals surface area contributed by atoms with Gasteiger partial charge in [-0.15, -0.1) is 0 Å². The fraction of sp³-hybridized carbons (Fsp3) is 0.464. The molecule has 1 fully saturated rings. The first-order valence-corrected chi connectivity index (χ1v) is 12.8. The van der Waals surface area contributed by atoms with Crippen LogP contribution in [0.25, 0.3) is 33.1 Å². The van der Waals surface area contributed by atoms with Crippen molar-refractivity contribution < 1.29 is 4.74 Å². The van der Waals surface area contributed by atoms with Gasteiger partial charge in [-0.3, -0.25) is 4.98 Å². The number of piperidine rings is 1. The molecular formula is C28H36N6O. The second kappa shape index (κ2) is 10.3. The Labute approximate surface area is 207 Å². The van der Waals surface area contributed by atoms with Crippen LogP contribution in [0.1, 0.15) is 39.4 Å². The minimum atomic E-state index is 0.471.